The van der Waals surface area contributed by atoms with Gasteiger partial charge in [-0.15, -0.1) is 0 Å². The Morgan fingerprint density at radius 1 is 0.932 bits per heavy atom. The number of nitrogens with one attached hydrogen (secondary N) is 1. The molecule has 4 rings (SSSR count). The quantitative estimate of drug-likeness (QED) is 0.234. The number of amides is 2. The summed E-state index contributed by atoms with van der Waals surface area (Å²) < 4.78 is 32.2. The highest BCUT2D eigenvalue weighted by atomic mass is 35.5. The lowest BCUT2D eigenvalue weighted by atomic mass is 9.94. The van der Waals surface area contributed by atoms with E-state index in [1.54, 1.807) is 41.3 Å². The van der Waals surface area contributed by atoms with Crippen molar-refractivity contribution in [2.45, 2.75) is 70.0 Å². The van der Waals surface area contributed by atoms with Crippen LogP contribution >= 0.6 is 11.6 Å². The first kappa shape index (κ1) is 33.3. The van der Waals surface area contributed by atoms with Gasteiger partial charge in [-0.05, 0) is 54.7 Å². The number of anilines is 1. The lowest BCUT2D eigenvalue weighted by Gasteiger charge is -2.34. The van der Waals surface area contributed by atoms with E-state index < -0.39 is 16.1 Å². The standard InChI is InChI=1S/C34H42ClN3O5S/c1-43-32-17-10-9-16-30(32)38(44(2,41)42)23-11-18-33(39)37(25-27-19-21-28(35)22-20-27)31(24-26-12-5-3-6-13-26)34(40)36-29-14-7-4-8-15-29/h3,5-6,9-10,12-13,16-17,19-22,29,31H,4,7-8,11,14-15,18,23-25H2,1-2H3,(H,36,40). The summed E-state index contributed by atoms with van der Waals surface area (Å²) in [6.45, 7) is 0.297. The topological polar surface area (TPSA) is 96.0 Å². The number of sulfonamides is 1. The number of hydrogen-bond donors (Lipinski definition) is 1. The molecule has 3 aromatic carbocycles. The van der Waals surface area contributed by atoms with Crippen molar-refractivity contribution < 1.29 is 22.7 Å². The lowest BCUT2D eigenvalue weighted by molar-refractivity contribution is -0.141. The van der Waals surface area contributed by atoms with Crippen LogP contribution in [0.15, 0.2) is 78.9 Å². The predicted molar refractivity (Wildman–Crippen MR) is 175 cm³/mol. The summed E-state index contributed by atoms with van der Waals surface area (Å²) >= 11 is 6.14. The van der Waals surface area contributed by atoms with Crippen molar-refractivity contribution >= 4 is 39.1 Å². The van der Waals surface area contributed by atoms with Gasteiger partial charge in [0.1, 0.15) is 11.8 Å². The zero-order valence-corrected chi connectivity index (χ0v) is 27.0. The third-order valence-corrected chi connectivity index (χ3v) is 9.43. The van der Waals surface area contributed by atoms with Gasteiger partial charge in [0.25, 0.3) is 0 Å². The van der Waals surface area contributed by atoms with Gasteiger partial charge >= 0.3 is 0 Å². The molecular weight excluding hydrogens is 598 g/mol. The molecule has 1 fully saturated rings. The van der Waals surface area contributed by atoms with Crippen molar-refractivity contribution in [3.63, 3.8) is 0 Å². The second kappa shape index (κ2) is 16.0. The van der Waals surface area contributed by atoms with E-state index in [1.165, 1.54) is 17.8 Å². The molecule has 1 aliphatic carbocycles. The first-order valence-corrected chi connectivity index (χ1v) is 17.4. The summed E-state index contributed by atoms with van der Waals surface area (Å²) in [5.74, 6) is 0.0268. The van der Waals surface area contributed by atoms with E-state index in [1.807, 2.05) is 42.5 Å². The average Bonchev–Trinajstić information content (AvgIpc) is 3.02. The number of benzene rings is 3. The third kappa shape index (κ3) is 9.47. The van der Waals surface area contributed by atoms with E-state index in [2.05, 4.69) is 5.32 Å². The predicted octanol–water partition coefficient (Wildman–Crippen LogP) is 5.98. The minimum Gasteiger partial charge on any atom is -0.495 e. The number of methoxy groups -OCH3 is 1. The molecular formula is C34H42ClN3O5S. The number of nitrogens with zero attached hydrogens (tertiary/aromatic N) is 2. The van der Waals surface area contributed by atoms with Crippen LogP contribution in [0.25, 0.3) is 0 Å². The van der Waals surface area contributed by atoms with Crippen LogP contribution in [0.4, 0.5) is 5.69 Å². The molecule has 1 saturated carbocycles. The highest BCUT2D eigenvalue weighted by Crippen LogP contribution is 2.30. The second-order valence-corrected chi connectivity index (χ2v) is 13.7. The Morgan fingerprint density at radius 2 is 1.59 bits per heavy atom. The molecule has 0 spiro atoms. The van der Waals surface area contributed by atoms with Gasteiger partial charge in [-0.25, -0.2) is 8.42 Å². The summed E-state index contributed by atoms with van der Waals surface area (Å²) in [6, 6.07) is 23.2. The maximum absolute atomic E-state index is 14.1. The van der Waals surface area contributed by atoms with Gasteiger partial charge in [0.15, 0.2) is 0 Å². The minimum atomic E-state index is -3.66. The zero-order valence-electron chi connectivity index (χ0n) is 25.5. The largest absolute Gasteiger partial charge is 0.495 e. The fraction of sp³-hybridized carbons (Fsp3) is 0.412. The Hall–Kier alpha value is -3.56. The maximum Gasteiger partial charge on any atom is 0.243 e. The molecule has 0 heterocycles. The molecule has 3 aromatic rings. The molecule has 0 saturated heterocycles. The molecule has 0 radical (unpaired) electrons. The Bertz CT molecular complexity index is 1480. The fourth-order valence-electron chi connectivity index (χ4n) is 5.70. The van der Waals surface area contributed by atoms with E-state index in [9.17, 15) is 18.0 Å². The van der Waals surface area contributed by atoms with Crippen LogP contribution in [0, 0.1) is 0 Å². The summed E-state index contributed by atoms with van der Waals surface area (Å²) in [5.41, 5.74) is 2.21. The molecule has 44 heavy (non-hydrogen) atoms. The number of hydrogen-bond acceptors (Lipinski definition) is 5. The first-order chi connectivity index (χ1) is 21.2. The Kier molecular flexibility index (Phi) is 12.1. The van der Waals surface area contributed by atoms with E-state index in [0.29, 0.717) is 22.9 Å². The van der Waals surface area contributed by atoms with Crippen molar-refractivity contribution in [3.05, 3.63) is 95.0 Å². The number of halogens is 1. The van der Waals surface area contributed by atoms with E-state index in [4.69, 9.17) is 16.3 Å². The monoisotopic (exact) mass is 639 g/mol. The molecule has 1 aliphatic rings. The summed E-state index contributed by atoms with van der Waals surface area (Å²) in [5, 5.41) is 3.83. The lowest BCUT2D eigenvalue weighted by Crippen LogP contribution is -2.52. The van der Waals surface area contributed by atoms with Gasteiger partial charge in [-0.2, -0.15) is 0 Å². The van der Waals surface area contributed by atoms with Gasteiger partial charge in [-0.3, -0.25) is 13.9 Å². The Balaban J connectivity index is 1.59. The molecule has 0 aromatic heterocycles. The maximum atomic E-state index is 14.1. The van der Waals surface area contributed by atoms with Crippen LogP contribution in [0.5, 0.6) is 5.75 Å². The second-order valence-electron chi connectivity index (χ2n) is 11.3. The Labute approximate surface area is 266 Å². The number of para-hydroxylation sites is 2. The molecule has 1 atom stereocenters. The van der Waals surface area contributed by atoms with Crippen molar-refractivity contribution in [1.29, 1.82) is 0 Å². The van der Waals surface area contributed by atoms with Crippen LogP contribution in [-0.2, 0) is 32.6 Å². The number of rotatable bonds is 14. The normalized spacial score (nSPS) is 14.4. The highest BCUT2D eigenvalue weighted by Gasteiger charge is 2.32. The van der Waals surface area contributed by atoms with Crippen LogP contribution < -0.4 is 14.4 Å². The van der Waals surface area contributed by atoms with Crippen molar-refractivity contribution in [3.8, 4) is 5.75 Å². The number of ether oxygens (including phenoxy) is 1. The first-order valence-electron chi connectivity index (χ1n) is 15.1. The summed E-state index contributed by atoms with van der Waals surface area (Å²) in [7, 11) is -2.17. The molecule has 2 amide bonds. The molecule has 1 unspecified atom stereocenters. The average molecular weight is 640 g/mol. The number of carbonyl (C=O) groups excluding carboxylic acids is 2. The van der Waals surface area contributed by atoms with E-state index in [-0.39, 0.29) is 43.8 Å². The smallest absolute Gasteiger partial charge is 0.243 e. The summed E-state index contributed by atoms with van der Waals surface area (Å²) in [4.78, 5) is 29.6. The van der Waals surface area contributed by atoms with Crippen LogP contribution in [0.3, 0.4) is 0 Å². The van der Waals surface area contributed by atoms with E-state index in [0.717, 1.165) is 43.1 Å². The van der Waals surface area contributed by atoms with Crippen LogP contribution in [0.2, 0.25) is 5.02 Å². The van der Waals surface area contributed by atoms with Gasteiger partial charge in [0, 0.05) is 37.0 Å². The van der Waals surface area contributed by atoms with Gasteiger partial charge in [-0.1, -0.05) is 85.5 Å². The molecule has 0 bridgehead atoms. The molecule has 236 valence electrons. The fourth-order valence-corrected chi connectivity index (χ4v) is 6.80. The Morgan fingerprint density at radius 3 is 2.25 bits per heavy atom. The van der Waals surface area contributed by atoms with Gasteiger partial charge < -0.3 is 15.0 Å². The highest BCUT2D eigenvalue weighted by molar-refractivity contribution is 7.92. The molecule has 0 aliphatic heterocycles. The molecule has 8 nitrogen and oxygen atoms in total. The number of carbonyl (C=O) groups is 2. The van der Waals surface area contributed by atoms with E-state index >= 15 is 0 Å². The van der Waals surface area contributed by atoms with Crippen LogP contribution in [-0.4, -0.2) is 57.1 Å². The van der Waals surface area contributed by atoms with Gasteiger partial charge in [0.2, 0.25) is 21.8 Å². The molecule has 10 heteroatoms. The minimum absolute atomic E-state index is 0.0523. The van der Waals surface area contributed by atoms with Crippen molar-refractivity contribution in [2.75, 3.05) is 24.2 Å². The zero-order chi connectivity index (χ0) is 31.5. The summed E-state index contributed by atoms with van der Waals surface area (Å²) in [6.07, 6.45) is 6.98. The van der Waals surface area contributed by atoms with Crippen LogP contribution in [0.1, 0.15) is 56.1 Å². The van der Waals surface area contributed by atoms with Crippen molar-refractivity contribution in [2.24, 2.45) is 0 Å². The SMILES string of the molecule is COc1ccccc1N(CCCC(=O)N(Cc1ccc(Cl)cc1)C(Cc1ccccc1)C(=O)NC1CCCCC1)S(C)(=O)=O. The van der Waals surface area contributed by atoms with Crippen molar-refractivity contribution in [1.82, 2.24) is 10.2 Å². The van der Waals surface area contributed by atoms with Gasteiger partial charge in [0.05, 0.1) is 19.1 Å². The third-order valence-electron chi connectivity index (χ3n) is 7.99. The molecule has 1 N–H and O–H groups in total.